The fraction of sp³-hybridized carbons (Fsp3) is 0.583. The third-order valence-electron chi connectivity index (χ3n) is 7.58. The van der Waals surface area contributed by atoms with Crippen molar-refractivity contribution in [2.24, 2.45) is 23.2 Å². The van der Waals surface area contributed by atoms with Gasteiger partial charge in [-0.1, -0.05) is 36.8 Å². The van der Waals surface area contributed by atoms with Crippen LogP contribution in [0.5, 0.6) is 0 Å². The number of carbonyl (C=O) groups excluding carboxylic acids is 2. The quantitative estimate of drug-likeness (QED) is 0.566. The van der Waals surface area contributed by atoms with Crippen LogP contribution in [0.25, 0.3) is 0 Å². The molecule has 1 aromatic rings. The monoisotopic (exact) mass is 380 g/mol. The molecule has 28 heavy (non-hydrogen) atoms. The van der Waals surface area contributed by atoms with Crippen LogP contribution >= 0.6 is 0 Å². The van der Waals surface area contributed by atoms with Gasteiger partial charge < -0.3 is 9.47 Å². The summed E-state index contributed by atoms with van der Waals surface area (Å²) < 4.78 is 12.1. The van der Waals surface area contributed by atoms with Crippen molar-refractivity contribution in [1.29, 1.82) is 0 Å². The zero-order valence-corrected chi connectivity index (χ0v) is 16.4. The van der Waals surface area contributed by atoms with E-state index in [9.17, 15) is 9.59 Å². The maximum absolute atomic E-state index is 13.2. The van der Waals surface area contributed by atoms with E-state index in [0.29, 0.717) is 30.3 Å². The van der Waals surface area contributed by atoms with E-state index in [4.69, 9.17) is 9.47 Å². The van der Waals surface area contributed by atoms with Gasteiger partial charge in [-0.05, 0) is 44.2 Å². The zero-order valence-electron chi connectivity index (χ0n) is 16.4. The Morgan fingerprint density at radius 2 is 2.04 bits per heavy atom. The molecule has 5 rings (SSSR count). The molecule has 1 aliphatic heterocycles. The van der Waals surface area contributed by atoms with E-state index in [1.165, 1.54) is 5.57 Å². The molecule has 0 aromatic heterocycles. The number of ether oxygens (including phenoxy) is 2. The lowest BCUT2D eigenvalue weighted by Crippen LogP contribution is -2.60. The summed E-state index contributed by atoms with van der Waals surface area (Å²) in [6, 6.07) is 9.23. The summed E-state index contributed by atoms with van der Waals surface area (Å²) in [5.74, 6) is 0.473. The third kappa shape index (κ3) is 2.93. The SMILES string of the molecule is CC12CCC=C(CC(=O)C3CCC4OCC4C3C1OC(=O)c1ccccc1)C2. The van der Waals surface area contributed by atoms with Gasteiger partial charge in [0.25, 0.3) is 0 Å². The Morgan fingerprint density at radius 3 is 2.79 bits per heavy atom. The minimum absolute atomic E-state index is 0.0140. The highest BCUT2D eigenvalue weighted by Crippen LogP contribution is 2.54. The van der Waals surface area contributed by atoms with Crippen molar-refractivity contribution in [2.75, 3.05) is 6.61 Å². The number of fused-ring (bicyclic) bond motifs is 5. The molecule has 6 unspecified atom stereocenters. The van der Waals surface area contributed by atoms with Crippen LogP contribution in [0.15, 0.2) is 42.0 Å². The Morgan fingerprint density at radius 1 is 1.21 bits per heavy atom. The van der Waals surface area contributed by atoms with Crippen LogP contribution in [0.1, 0.15) is 55.8 Å². The van der Waals surface area contributed by atoms with Gasteiger partial charge in [-0.2, -0.15) is 0 Å². The van der Waals surface area contributed by atoms with E-state index in [0.717, 1.165) is 32.1 Å². The molecular weight excluding hydrogens is 352 g/mol. The van der Waals surface area contributed by atoms with Crippen LogP contribution in [0, 0.1) is 23.2 Å². The van der Waals surface area contributed by atoms with Gasteiger partial charge in [0.2, 0.25) is 0 Å². The molecule has 1 heterocycles. The number of Topliss-reactive ketones (excluding diaryl/α,β-unsaturated/α-hetero) is 1. The van der Waals surface area contributed by atoms with E-state index in [2.05, 4.69) is 13.0 Å². The first-order valence-electron chi connectivity index (χ1n) is 10.6. The zero-order chi connectivity index (χ0) is 19.3. The summed E-state index contributed by atoms with van der Waals surface area (Å²) in [6.45, 7) is 2.95. The average Bonchev–Trinajstić information content (AvgIpc) is 2.66. The topological polar surface area (TPSA) is 52.6 Å². The van der Waals surface area contributed by atoms with Crippen molar-refractivity contribution in [1.82, 2.24) is 0 Å². The second-order valence-corrected chi connectivity index (χ2v) is 9.36. The van der Waals surface area contributed by atoms with Gasteiger partial charge in [-0.3, -0.25) is 4.79 Å². The number of allylic oxidation sites excluding steroid dienone is 2. The van der Waals surface area contributed by atoms with Crippen LogP contribution in [0.3, 0.4) is 0 Å². The van der Waals surface area contributed by atoms with Crippen LogP contribution < -0.4 is 0 Å². The van der Waals surface area contributed by atoms with Crippen molar-refractivity contribution in [3.8, 4) is 0 Å². The number of benzene rings is 1. The summed E-state index contributed by atoms with van der Waals surface area (Å²) >= 11 is 0. The molecule has 2 saturated carbocycles. The maximum Gasteiger partial charge on any atom is 0.338 e. The first kappa shape index (κ1) is 18.1. The summed E-state index contributed by atoms with van der Waals surface area (Å²) in [5, 5.41) is 0. The molecule has 6 atom stereocenters. The normalized spacial score (nSPS) is 39.4. The highest BCUT2D eigenvalue weighted by molar-refractivity contribution is 5.89. The molecule has 0 radical (unpaired) electrons. The van der Waals surface area contributed by atoms with Crippen molar-refractivity contribution in [2.45, 2.75) is 57.7 Å². The lowest BCUT2D eigenvalue weighted by atomic mass is 9.55. The predicted octanol–water partition coefficient (Wildman–Crippen LogP) is 4.34. The molecule has 4 aliphatic rings. The first-order chi connectivity index (χ1) is 13.5. The number of carbonyl (C=O) groups is 2. The summed E-state index contributed by atoms with van der Waals surface area (Å²) in [4.78, 5) is 26.2. The largest absolute Gasteiger partial charge is 0.458 e. The van der Waals surface area contributed by atoms with Crippen molar-refractivity contribution in [3.05, 3.63) is 47.5 Å². The maximum atomic E-state index is 13.2. The third-order valence-corrected chi connectivity index (χ3v) is 7.58. The molecule has 2 bridgehead atoms. The van der Waals surface area contributed by atoms with Gasteiger partial charge >= 0.3 is 5.97 Å². The molecule has 0 spiro atoms. The second-order valence-electron chi connectivity index (χ2n) is 9.36. The molecular formula is C24H28O4. The van der Waals surface area contributed by atoms with Crippen LogP contribution in [0.4, 0.5) is 0 Å². The van der Waals surface area contributed by atoms with Gasteiger partial charge in [0.1, 0.15) is 11.9 Å². The Kier molecular flexibility index (Phi) is 4.42. The lowest BCUT2D eigenvalue weighted by molar-refractivity contribution is -0.207. The second kappa shape index (κ2) is 6.84. The minimum Gasteiger partial charge on any atom is -0.458 e. The molecule has 1 aromatic carbocycles. The Hall–Kier alpha value is -1.94. The minimum atomic E-state index is -0.267. The van der Waals surface area contributed by atoms with E-state index in [1.807, 2.05) is 18.2 Å². The highest BCUT2D eigenvalue weighted by atomic mass is 16.5. The lowest BCUT2D eigenvalue weighted by Gasteiger charge is -2.55. The molecule has 0 amide bonds. The number of rotatable bonds is 2. The Labute approximate surface area is 166 Å². The van der Waals surface area contributed by atoms with Crippen LogP contribution in [0.2, 0.25) is 0 Å². The van der Waals surface area contributed by atoms with E-state index >= 15 is 0 Å². The van der Waals surface area contributed by atoms with Crippen LogP contribution in [-0.2, 0) is 14.3 Å². The standard InChI is InChI=1S/C24H28O4/c1-24-11-5-6-15(13-24)12-19(25)17-9-10-20-18(14-27-20)21(17)22(24)28-23(26)16-7-3-2-4-8-16/h2-4,6-8,17-18,20-22H,5,9-14H2,1H3. The number of hydrogen-bond donors (Lipinski definition) is 0. The van der Waals surface area contributed by atoms with E-state index in [1.54, 1.807) is 12.1 Å². The van der Waals surface area contributed by atoms with Gasteiger partial charge in [0.05, 0.1) is 18.3 Å². The van der Waals surface area contributed by atoms with Gasteiger partial charge in [0.15, 0.2) is 0 Å². The molecule has 3 fully saturated rings. The Bertz CT molecular complexity index is 813. The number of hydrogen-bond acceptors (Lipinski definition) is 4. The average molecular weight is 380 g/mol. The number of esters is 1. The van der Waals surface area contributed by atoms with Crippen molar-refractivity contribution in [3.63, 3.8) is 0 Å². The van der Waals surface area contributed by atoms with E-state index in [-0.39, 0.29) is 35.4 Å². The highest BCUT2D eigenvalue weighted by Gasteiger charge is 2.57. The van der Waals surface area contributed by atoms with Crippen molar-refractivity contribution < 1.29 is 19.1 Å². The number of ketones is 1. The fourth-order valence-corrected chi connectivity index (χ4v) is 6.11. The molecule has 0 N–H and O–H groups in total. The summed E-state index contributed by atoms with van der Waals surface area (Å²) in [6.07, 6.45) is 7.43. The van der Waals surface area contributed by atoms with Crippen molar-refractivity contribution >= 4 is 11.8 Å². The molecule has 4 nitrogen and oxygen atoms in total. The van der Waals surface area contributed by atoms with E-state index < -0.39 is 0 Å². The summed E-state index contributed by atoms with van der Waals surface area (Å²) in [5.41, 5.74) is 1.71. The smallest absolute Gasteiger partial charge is 0.338 e. The van der Waals surface area contributed by atoms with Gasteiger partial charge in [0, 0.05) is 29.6 Å². The fourth-order valence-electron chi connectivity index (χ4n) is 6.11. The van der Waals surface area contributed by atoms with Crippen LogP contribution in [-0.4, -0.2) is 30.6 Å². The summed E-state index contributed by atoms with van der Waals surface area (Å²) in [7, 11) is 0. The van der Waals surface area contributed by atoms with Gasteiger partial charge in [-0.25, -0.2) is 4.79 Å². The molecule has 3 aliphatic carbocycles. The van der Waals surface area contributed by atoms with Gasteiger partial charge in [-0.15, -0.1) is 0 Å². The first-order valence-corrected chi connectivity index (χ1v) is 10.6. The predicted molar refractivity (Wildman–Crippen MR) is 105 cm³/mol. The molecule has 4 heteroatoms. The Balaban J connectivity index is 1.54. The molecule has 1 saturated heterocycles. The molecule has 148 valence electrons.